The molecule has 5 heteroatoms. The van der Waals surface area contributed by atoms with Crippen molar-refractivity contribution in [1.82, 2.24) is 14.5 Å². The van der Waals surface area contributed by atoms with Gasteiger partial charge in [-0.05, 0) is 43.7 Å². The van der Waals surface area contributed by atoms with Crippen LogP contribution in [0.1, 0.15) is 134 Å². The first-order valence-electron chi connectivity index (χ1n) is 15.1. The van der Waals surface area contributed by atoms with Gasteiger partial charge in [-0.1, -0.05) is 103 Å². The van der Waals surface area contributed by atoms with Crippen molar-refractivity contribution in [3.63, 3.8) is 0 Å². The van der Waals surface area contributed by atoms with Gasteiger partial charge in [0, 0.05) is 12.2 Å². The molecule has 0 bridgehead atoms. The van der Waals surface area contributed by atoms with Crippen molar-refractivity contribution in [2.45, 2.75) is 142 Å². The summed E-state index contributed by atoms with van der Waals surface area (Å²) < 4.78 is 7.63. The van der Waals surface area contributed by atoms with Crippen LogP contribution in [-0.2, 0) is 19.4 Å². The lowest BCUT2D eigenvalue weighted by atomic mass is 9.95. The highest BCUT2D eigenvalue weighted by Gasteiger charge is 2.18. The molecular weight excluding hydrogens is 446 g/mol. The number of furan rings is 1. The fourth-order valence-corrected chi connectivity index (χ4v) is 5.70. The molecule has 4 rings (SSSR count). The molecule has 0 fully saturated rings. The summed E-state index contributed by atoms with van der Waals surface area (Å²) in [6.07, 6.45) is 27.7. The van der Waals surface area contributed by atoms with Crippen LogP contribution in [0.4, 0.5) is 0 Å². The summed E-state index contributed by atoms with van der Waals surface area (Å²) in [7, 11) is 0. The molecule has 0 spiro atoms. The van der Waals surface area contributed by atoms with Gasteiger partial charge in [0.25, 0.3) is 5.56 Å². The summed E-state index contributed by atoms with van der Waals surface area (Å²) in [5.41, 5.74) is 3.93. The van der Waals surface area contributed by atoms with E-state index < -0.39 is 0 Å². The predicted molar refractivity (Wildman–Crippen MR) is 150 cm³/mol. The van der Waals surface area contributed by atoms with Crippen LogP contribution in [-0.4, -0.2) is 14.5 Å². The second-order valence-corrected chi connectivity index (χ2v) is 11.0. The first kappa shape index (κ1) is 26.9. The molecule has 3 aromatic rings. The molecule has 0 N–H and O–H groups in total. The zero-order valence-corrected chi connectivity index (χ0v) is 22.7. The van der Waals surface area contributed by atoms with Crippen molar-refractivity contribution in [2.24, 2.45) is 0 Å². The number of hydrogen-bond acceptors (Lipinski definition) is 4. The Bertz CT molecular complexity index is 1130. The van der Waals surface area contributed by atoms with Crippen molar-refractivity contribution < 1.29 is 4.42 Å². The molecule has 0 amide bonds. The van der Waals surface area contributed by atoms with Gasteiger partial charge >= 0.3 is 0 Å². The molecule has 0 unspecified atom stereocenters. The molecule has 0 saturated carbocycles. The minimum Gasteiger partial charge on any atom is -0.430 e. The van der Waals surface area contributed by atoms with E-state index in [2.05, 4.69) is 18.0 Å². The van der Waals surface area contributed by atoms with Crippen molar-refractivity contribution in [3.8, 4) is 0 Å². The van der Waals surface area contributed by atoms with Gasteiger partial charge in [0.2, 0.25) is 11.3 Å². The third-order valence-corrected chi connectivity index (χ3v) is 7.97. The molecule has 1 aliphatic rings. The Balaban J connectivity index is 1.10. The first-order chi connectivity index (χ1) is 17.8. The number of fused-ring (bicyclic) bond motifs is 4. The standard InChI is InChI=1S/C31H47N3O2/c1-2-3-4-5-6-7-8-9-10-11-12-13-14-15-16-19-22-34-24-32-28-26-23-25-20-17-18-21-27(25)33-30(26)36-29(28)31(34)35/h23-24H,2-22H2,1H3. The summed E-state index contributed by atoms with van der Waals surface area (Å²) in [4.78, 5) is 22.3. The Kier molecular flexibility index (Phi) is 10.9. The molecular formula is C31H47N3O2. The van der Waals surface area contributed by atoms with Gasteiger partial charge in [-0.15, -0.1) is 0 Å². The van der Waals surface area contributed by atoms with Gasteiger partial charge < -0.3 is 4.42 Å². The molecule has 1 aliphatic carbocycles. The largest absolute Gasteiger partial charge is 0.430 e. The average Bonchev–Trinajstić information content (AvgIpc) is 3.26. The smallest absolute Gasteiger partial charge is 0.297 e. The van der Waals surface area contributed by atoms with E-state index in [-0.39, 0.29) is 5.56 Å². The molecule has 3 aromatic heterocycles. The molecule has 36 heavy (non-hydrogen) atoms. The van der Waals surface area contributed by atoms with E-state index in [1.165, 1.54) is 108 Å². The minimum atomic E-state index is -0.0723. The lowest BCUT2D eigenvalue weighted by Gasteiger charge is -2.13. The van der Waals surface area contributed by atoms with Gasteiger partial charge in [-0.25, -0.2) is 9.97 Å². The molecule has 0 saturated heterocycles. The Morgan fingerprint density at radius 2 is 1.39 bits per heavy atom. The van der Waals surface area contributed by atoms with Crippen LogP contribution in [0, 0.1) is 0 Å². The molecule has 0 radical (unpaired) electrons. The number of unbranched alkanes of at least 4 members (excludes halogenated alkanes) is 15. The van der Waals surface area contributed by atoms with Crippen LogP contribution in [0.5, 0.6) is 0 Å². The summed E-state index contributed by atoms with van der Waals surface area (Å²) >= 11 is 0. The fourth-order valence-electron chi connectivity index (χ4n) is 5.70. The van der Waals surface area contributed by atoms with Gasteiger partial charge in [-0.3, -0.25) is 9.36 Å². The van der Waals surface area contributed by atoms with Crippen molar-refractivity contribution >= 4 is 22.2 Å². The number of pyridine rings is 1. The average molecular weight is 494 g/mol. The van der Waals surface area contributed by atoms with Crippen LogP contribution >= 0.6 is 0 Å². The van der Waals surface area contributed by atoms with Gasteiger partial charge in [0.15, 0.2) is 0 Å². The zero-order valence-electron chi connectivity index (χ0n) is 22.7. The highest BCUT2D eigenvalue weighted by Crippen LogP contribution is 2.29. The monoisotopic (exact) mass is 493 g/mol. The quantitative estimate of drug-likeness (QED) is 0.176. The normalized spacial score (nSPS) is 13.6. The topological polar surface area (TPSA) is 60.9 Å². The van der Waals surface area contributed by atoms with Gasteiger partial charge in [-0.2, -0.15) is 0 Å². The van der Waals surface area contributed by atoms with Gasteiger partial charge in [0.05, 0.1) is 11.7 Å². The zero-order chi connectivity index (χ0) is 25.0. The second-order valence-electron chi connectivity index (χ2n) is 11.0. The van der Waals surface area contributed by atoms with Crippen LogP contribution in [0.3, 0.4) is 0 Å². The molecule has 3 heterocycles. The summed E-state index contributed by atoms with van der Waals surface area (Å²) in [6, 6.07) is 2.15. The highest BCUT2D eigenvalue weighted by molar-refractivity contribution is 6.00. The number of aromatic nitrogens is 3. The lowest BCUT2D eigenvalue weighted by molar-refractivity contribution is 0.516. The number of aryl methyl sites for hydroxylation is 3. The highest BCUT2D eigenvalue weighted by atomic mass is 16.3. The number of nitrogens with zero attached hydrogens (tertiary/aromatic N) is 3. The predicted octanol–water partition coefficient (Wildman–Crippen LogP) is 8.68. The van der Waals surface area contributed by atoms with Crippen molar-refractivity contribution in [3.05, 3.63) is 34.0 Å². The van der Waals surface area contributed by atoms with E-state index in [9.17, 15) is 4.79 Å². The first-order valence-corrected chi connectivity index (χ1v) is 15.1. The molecule has 0 aromatic carbocycles. The van der Waals surface area contributed by atoms with Crippen LogP contribution in [0.25, 0.3) is 22.2 Å². The van der Waals surface area contributed by atoms with Gasteiger partial charge in [0.1, 0.15) is 5.52 Å². The maximum Gasteiger partial charge on any atom is 0.297 e. The van der Waals surface area contributed by atoms with E-state index in [1.807, 2.05) is 0 Å². The SMILES string of the molecule is CCCCCCCCCCCCCCCCCCn1cnc2c(oc3nc4c(cc32)CCCC4)c1=O. The molecule has 198 valence electrons. The summed E-state index contributed by atoms with van der Waals surface area (Å²) in [6.45, 7) is 2.99. The van der Waals surface area contributed by atoms with Crippen LogP contribution in [0.2, 0.25) is 0 Å². The fraction of sp³-hybridized carbons (Fsp3) is 0.710. The van der Waals surface area contributed by atoms with Crippen molar-refractivity contribution in [1.29, 1.82) is 0 Å². The molecule has 0 atom stereocenters. The Labute approximate surface area is 217 Å². The van der Waals surface area contributed by atoms with Crippen molar-refractivity contribution in [2.75, 3.05) is 0 Å². The van der Waals surface area contributed by atoms with E-state index in [4.69, 9.17) is 9.40 Å². The van der Waals surface area contributed by atoms with Crippen LogP contribution < -0.4 is 5.56 Å². The summed E-state index contributed by atoms with van der Waals surface area (Å²) in [5.74, 6) is 0. The molecule has 5 nitrogen and oxygen atoms in total. The third kappa shape index (κ3) is 7.43. The molecule has 0 aliphatic heterocycles. The Hall–Kier alpha value is -2.17. The third-order valence-electron chi connectivity index (χ3n) is 7.97. The minimum absolute atomic E-state index is 0.0723. The summed E-state index contributed by atoms with van der Waals surface area (Å²) in [5, 5.41) is 0.886. The number of rotatable bonds is 17. The van der Waals surface area contributed by atoms with E-state index in [0.717, 1.165) is 36.8 Å². The van der Waals surface area contributed by atoms with E-state index >= 15 is 0 Å². The maximum atomic E-state index is 13.0. The Morgan fingerprint density at radius 3 is 2.03 bits per heavy atom. The Morgan fingerprint density at radius 1 is 0.806 bits per heavy atom. The maximum absolute atomic E-state index is 13.0. The second kappa shape index (κ2) is 14.5. The lowest BCUT2D eigenvalue weighted by Crippen LogP contribution is -2.20. The van der Waals surface area contributed by atoms with E-state index in [0.29, 0.717) is 23.4 Å². The van der Waals surface area contributed by atoms with E-state index in [1.54, 1.807) is 10.9 Å². The van der Waals surface area contributed by atoms with Crippen LogP contribution in [0.15, 0.2) is 21.6 Å². The number of hydrogen-bond donors (Lipinski definition) is 0.